The Morgan fingerprint density at radius 2 is 1.90 bits per heavy atom. The first-order valence-electron chi connectivity index (χ1n) is 14.0. The molecule has 1 aromatic carbocycles. The summed E-state index contributed by atoms with van der Waals surface area (Å²) < 4.78 is 4.11. The Balaban J connectivity index is 1.62. The smallest absolute Gasteiger partial charge is 0.311 e. The largest absolute Gasteiger partial charge is 0.465 e. The fourth-order valence-corrected chi connectivity index (χ4v) is 9.25. The first-order valence-corrected chi connectivity index (χ1v) is 15.1. The zero-order chi connectivity index (χ0) is 27.8. The molecule has 4 heterocycles. The third kappa shape index (κ3) is 4.82. The van der Waals surface area contributed by atoms with E-state index < -0.39 is 27.4 Å². The van der Waals surface area contributed by atoms with Crippen LogP contribution in [-0.4, -0.2) is 69.6 Å². The normalized spacial score (nSPS) is 33.3. The van der Waals surface area contributed by atoms with Crippen molar-refractivity contribution in [3.63, 3.8) is 0 Å². The van der Waals surface area contributed by atoms with E-state index in [4.69, 9.17) is 16.3 Å². The van der Waals surface area contributed by atoms with Crippen LogP contribution in [0.4, 0.5) is 5.69 Å². The highest BCUT2D eigenvalue weighted by Gasteiger charge is 2.73. The van der Waals surface area contributed by atoms with Crippen LogP contribution in [0.1, 0.15) is 51.0 Å². The molecule has 5 atom stereocenters. The molecule has 4 aliphatic heterocycles. The van der Waals surface area contributed by atoms with E-state index in [2.05, 4.69) is 12.2 Å². The molecule has 2 saturated heterocycles. The first kappa shape index (κ1) is 28.2. The lowest BCUT2D eigenvalue weighted by Gasteiger charge is -2.37. The minimum Gasteiger partial charge on any atom is -0.465 e. The van der Waals surface area contributed by atoms with Gasteiger partial charge in [0.05, 0.1) is 33.9 Å². The number of carbonyl (C=O) groups excluding carboxylic acids is 3. The topological polar surface area (TPSA) is 87.2 Å². The van der Waals surface area contributed by atoms with E-state index in [1.165, 1.54) is 0 Å². The fraction of sp³-hybridized carbons (Fsp3) is 0.567. The number of unbranched alkanes of at least 4 members (excludes halogenated alkanes) is 2. The zero-order valence-electron chi connectivity index (χ0n) is 22.6. The molecule has 2 amide bonds. The number of rotatable bonds is 6. The highest BCUT2D eigenvalue weighted by Crippen LogP contribution is 2.65. The summed E-state index contributed by atoms with van der Waals surface area (Å²) in [6.07, 6.45) is 12.8. The molecule has 0 radical (unpaired) electrons. The third-order valence-electron chi connectivity index (χ3n) is 8.52. The molecule has 4 aliphatic rings. The van der Waals surface area contributed by atoms with Gasteiger partial charge in [0.25, 0.3) is 5.91 Å². The number of thioether (sulfide) groups is 1. The second kappa shape index (κ2) is 11.3. The van der Waals surface area contributed by atoms with E-state index in [1.54, 1.807) is 27.6 Å². The van der Waals surface area contributed by atoms with E-state index in [-0.39, 0.29) is 24.4 Å². The van der Waals surface area contributed by atoms with Gasteiger partial charge in [-0.1, -0.05) is 48.0 Å². The summed E-state index contributed by atoms with van der Waals surface area (Å²) >= 11 is 8.19. The fourth-order valence-electron chi connectivity index (χ4n) is 6.77. The van der Waals surface area contributed by atoms with Gasteiger partial charge >= 0.3 is 5.97 Å². The number of cyclic esters (lactones) is 1. The molecular weight excluding hydrogens is 536 g/mol. The van der Waals surface area contributed by atoms with E-state index in [0.29, 0.717) is 43.2 Å². The number of para-hydroxylation sites is 1. The second-order valence-corrected chi connectivity index (χ2v) is 13.3. The number of aliphatic hydroxyl groups excluding tert-OH is 1. The number of aliphatic hydroxyl groups is 1. The van der Waals surface area contributed by atoms with Crippen LogP contribution in [0, 0.1) is 18.8 Å². The summed E-state index contributed by atoms with van der Waals surface area (Å²) in [5, 5.41) is 9.76. The molecule has 1 unspecified atom stereocenters. The van der Waals surface area contributed by atoms with Crippen molar-refractivity contribution in [1.82, 2.24) is 4.90 Å². The van der Waals surface area contributed by atoms with Gasteiger partial charge in [0, 0.05) is 24.4 Å². The minimum absolute atomic E-state index is 0.0830. The van der Waals surface area contributed by atoms with Crippen molar-refractivity contribution in [3.05, 3.63) is 53.1 Å². The van der Waals surface area contributed by atoms with Gasteiger partial charge < -0.3 is 19.6 Å². The lowest BCUT2D eigenvalue weighted by atomic mass is 9.74. The molecule has 0 saturated carbocycles. The number of benzene rings is 1. The van der Waals surface area contributed by atoms with E-state index in [1.807, 2.05) is 38.1 Å². The molecular formula is C30H37ClN2O5S. The molecule has 5 rings (SSSR count). The van der Waals surface area contributed by atoms with Crippen molar-refractivity contribution >= 4 is 46.8 Å². The molecule has 39 heavy (non-hydrogen) atoms. The van der Waals surface area contributed by atoms with Crippen molar-refractivity contribution in [2.45, 2.75) is 67.9 Å². The van der Waals surface area contributed by atoms with Crippen LogP contribution in [0.15, 0.2) is 42.5 Å². The van der Waals surface area contributed by atoms with Crippen molar-refractivity contribution in [1.29, 1.82) is 0 Å². The number of anilines is 1. The van der Waals surface area contributed by atoms with Crippen LogP contribution in [0.25, 0.3) is 0 Å². The maximum absolute atomic E-state index is 14.6. The van der Waals surface area contributed by atoms with Gasteiger partial charge in [0.2, 0.25) is 5.91 Å². The molecule has 0 bridgehead atoms. The van der Waals surface area contributed by atoms with Crippen LogP contribution in [0.3, 0.4) is 0 Å². The molecule has 210 valence electrons. The average molecular weight is 573 g/mol. The third-order valence-corrected chi connectivity index (χ3v) is 10.6. The highest BCUT2D eigenvalue weighted by atomic mass is 35.5. The molecule has 0 aliphatic carbocycles. The molecule has 0 aromatic heterocycles. The van der Waals surface area contributed by atoms with Crippen LogP contribution in [0.5, 0.6) is 0 Å². The van der Waals surface area contributed by atoms with Gasteiger partial charge in [-0.05, 0) is 64.0 Å². The van der Waals surface area contributed by atoms with Crippen LogP contribution in [0.2, 0.25) is 5.02 Å². The number of hydrogen-bond donors (Lipinski definition) is 1. The number of halogens is 1. The SMILES string of the molecule is Cc1cccc(Cl)c1N1CC=C[C@]23S[C@@]4(C)/C=C\CCCCOC(=O)[C@H]4[C@H]2C(=O)N(CCCCCO)C3C1=O. The van der Waals surface area contributed by atoms with Crippen LogP contribution < -0.4 is 4.90 Å². The van der Waals surface area contributed by atoms with Crippen molar-refractivity contribution in [2.24, 2.45) is 11.8 Å². The standard InChI is InChI=1S/C30H37ClN2O5S/c1-20-12-10-13-21(31)24(20)32-17-11-15-30-22(26(35)33(25(30)27(32)36)16-7-5-8-18-34)23-28(37)38-19-9-4-3-6-14-29(23,2)39-30/h6,10-15,22-23,25,34H,3-5,7-9,16-19H2,1-2H3/b14-6-/t22-,23+,25?,29-,30-/m0/s1. The average Bonchev–Trinajstić information content (AvgIpc) is 3.22. The van der Waals surface area contributed by atoms with Crippen LogP contribution >= 0.6 is 23.4 Å². The maximum Gasteiger partial charge on any atom is 0.311 e. The van der Waals surface area contributed by atoms with E-state index in [0.717, 1.165) is 31.2 Å². The number of carbonyl (C=O) groups is 3. The Hall–Kier alpha value is -2.29. The van der Waals surface area contributed by atoms with Gasteiger partial charge in [-0.3, -0.25) is 14.4 Å². The second-order valence-electron chi connectivity index (χ2n) is 11.1. The van der Waals surface area contributed by atoms with Crippen molar-refractivity contribution in [2.75, 3.05) is 31.2 Å². The molecule has 7 nitrogen and oxygen atoms in total. The van der Waals surface area contributed by atoms with Crippen molar-refractivity contribution in [3.8, 4) is 0 Å². The van der Waals surface area contributed by atoms with Gasteiger partial charge in [-0.15, -0.1) is 11.8 Å². The monoisotopic (exact) mass is 572 g/mol. The zero-order valence-corrected chi connectivity index (χ0v) is 24.2. The number of hydrogen-bond acceptors (Lipinski definition) is 6. The Bertz CT molecular complexity index is 1180. The first-order chi connectivity index (χ1) is 18.7. The number of esters is 1. The molecule has 1 aromatic rings. The van der Waals surface area contributed by atoms with E-state index >= 15 is 0 Å². The van der Waals surface area contributed by atoms with E-state index in [9.17, 15) is 19.5 Å². The number of aryl methyl sites for hydroxylation is 1. The summed E-state index contributed by atoms with van der Waals surface area (Å²) in [5.74, 6) is -2.16. The number of amides is 2. The summed E-state index contributed by atoms with van der Waals surface area (Å²) in [4.78, 5) is 45.9. The minimum atomic E-state index is -0.925. The Morgan fingerprint density at radius 3 is 2.67 bits per heavy atom. The van der Waals surface area contributed by atoms with Crippen molar-refractivity contribution < 1.29 is 24.2 Å². The molecule has 2 fully saturated rings. The number of likely N-dealkylation sites (tertiary alicyclic amines) is 1. The van der Waals surface area contributed by atoms with Gasteiger partial charge in [0.15, 0.2) is 0 Å². The van der Waals surface area contributed by atoms with Crippen LogP contribution in [-0.2, 0) is 19.1 Å². The maximum atomic E-state index is 14.6. The molecule has 9 heteroatoms. The number of fused-ring (bicyclic) bond motifs is 2. The lowest BCUT2D eigenvalue weighted by molar-refractivity contribution is -0.154. The Kier molecular flexibility index (Phi) is 8.18. The Labute approximate surface area is 239 Å². The summed E-state index contributed by atoms with van der Waals surface area (Å²) in [6, 6.07) is 4.76. The summed E-state index contributed by atoms with van der Waals surface area (Å²) in [7, 11) is 0. The molecule has 1 N–H and O–H groups in total. The summed E-state index contributed by atoms with van der Waals surface area (Å²) in [6.45, 7) is 5.05. The quantitative estimate of drug-likeness (QED) is 0.302. The Morgan fingerprint density at radius 1 is 1.08 bits per heavy atom. The van der Waals surface area contributed by atoms with Gasteiger partial charge in [-0.25, -0.2) is 0 Å². The lowest BCUT2D eigenvalue weighted by Crippen LogP contribution is -2.53. The number of nitrogens with zero attached hydrogens (tertiary/aromatic N) is 2. The predicted molar refractivity (Wildman–Crippen MR) is 154 cm³/mol. The number of ether oxygens (including phenoxy) is 1. The number of allylic oxidation sites excluding steroid dienone is 1. The van der Waals surface area contributed by atoms with Gasteiger partial charge in [-0.2, -0.15) is 0 Å². The summed E-state index contributed by atoms with van der Waals surface area (Å²) in [5.41, 5.74) is 1.52. The predicted octanol–water partition coefficient (Wildman–Crippen LogP) is 4.68. The van der Waals surface area contributed by atoms with Gasteiger partial charge in [0.1, 0.15) is 6.04 Å². The highest BCUT2D eigenvalue weighted by molar-refractivity contribution is 8.02. The molecule has 1 spiro atoms.